The van der Waals surface area contributed by atoms with Gasteiger partial charge < -0.3 is 9.47 Å². The smallest absolute Gasteiger partial charge is 0.201 e. The van der Waals surface area contributed by atoms with E-state index in [9.17, 15) is 0 Å². The lowest BCUT2D eigenvalue weighted by Crippen LogP contribution is -2.18. The first-order valence-corrected chi connectivity index (χ1v) is 7.43. The van der Waals surface area contributed by atoms with Gasteiger partial charge in [-0.25, -0.2) is 0 Å². The van der Waals surface area contributed by atoms with Crippen LogP contribution in [0.2, 0.25) is 0 Å². The topological polar surface area (TPSA) is 18.5 Å². The highest BCUT2D eigenvalue weighted by Gasteiger charge is 2.35. The molecule has 0 heterocycles. The highest BCUT2D eigenvalue weighted by molar-refractivity contribution is 6.68. The molecule has 6 heteroatoms. The zero-order chi connectivity index (χ0) is 15.5. The van der Waals surface area contributed by atoms with E-state index in [0.29, 0.717) is 0 Å². The molecule has 0 saturated carbocycles. The van der Waals surface area contributed by atoms with E-state index in [2.05, 4.69) is 0 Å². The van der Waals surface area contributed by atoms with Gasteiger partial charge in [-0.3, -0.25) is 0 Å². The van der Waals surface area contributed by atoms with Crippen molar-refractivity contribution in [1.82, 2.24) is 0 Å². The third-order valence-electron chi connectivity index (χ3n) is 3.23. The molecule has 0 aromatic heterocycles. The van der Waals surface area contributed by atoms with Crippen molar-refractivity contribution in [2.24, 2.45) is 0 Å². The first-order chi connectivity index (χ1) is 9.95. The molecule has 0 unspecified atom stereocenters. The lowest BCUT2D eigenvalue weighted by atomic mass is 9.92. The average molecular weight is 378 g/mol. The van der Waals surface area contributed by atoms with Gasteiger partial charge in [0.2, 0.25) is 3.79 Å². The Hall–Kier alpha value is -0.873. The van der Waals surface area contributed by atoms with Gasteiger partial charge in [-0.1, -0.05) is 59.1 Å². The largest absolute Gasteiger partial charge is 0.497 e. The third-order valence-corrected chi connectivity index (χ3v) is 3.88. The summed E-state index contributed by atoms with van der Waals surface area (Å²) in [5.74, 6) is 1.15. The average Bonchev–Trinajstić information content (AvgIpc) is 2.47. The Morgan fingerprint density at radius 1 is 0.727 bits per heavy atom. The molecule has 22 heavy (non-hydrogen) atoms. The summed E-state index contributed by atoms with van der Waals surface area (Å²) >= 11 is 18.6. The number of hydrogen-bond acceptors (Lipinski definition) is 2. The van der Waals surface area contributed by atoms with Gasteiger partial charge in [-0.2, -0.15) is 0 Å². The second-order valence-corrected chi connectivity index (χ2v) is 6.89. The lowest BCUT2D eigenvalue weighted by molar-refractivity contribution is 0.414. The van der Waals surface area contributed by atoms with Crippen molar-refractivity contribution < 1.29 is 9.47 Å². The van der Waals surface area contributed by atoms with Crippen LogP contribution in [-0.2, 0) is 0 Å². The quantitative estimate of drug-likeness (QED) is 0.597. The fraction of sp³-hybridized carbons (Fsp3) is 0.250. The number of rotatable bonds is 4. The summed E-state index contributed by atoms with van der Waals surface area (Å²) in [6.07, 6.45) is 0. The number of halogens is 3. The van der Waals surface area contributed by atoms with Gasteiger partial charge in [0, 0.05) is 0 Å². The maximum atomic E-state index is 6.18. The van der Waals surface area contributed by atoms with E-state index < -0.39 is 3.79 Å². The predicted octanol–water partition coefficient (Wildman–Crippen LogP) is 3.75. The summed E-state index contributed by atoms with van der Waals surface area (Å²) in [6, 6.07) is 15.0. The van der Waals surface area contributed by atoms with Crippen LogP contribution in [0.15, 0.2) is 48.5 Å². The fourth-order valence-corrected chi connectivity index (χ4v) is 2.92. The van der Waals surface area contributed by atoms with Crippen molar-refractivity contribution in [1.29, 1.82) is 0 Å². The van der Waals surface area contributed by atoms with Gasteiger partial charge in [-0.15, -0.1) is 0 Å². The molecule has 0 fully saturated rings. The van der Waals surface area contributed by atoms with Crippen molar-refractivity contribution in [2.75, 3.05) is 14.2 Å². The van der Waals surface area contributed by atoms with Crippen molar-refractivity contribution in [2.45, 2.75) is 9.71 Å². The highest BCUT2D eigenvalue weighted by atomic mass is 35.6. The van der Waals surface area contributed by atoms with Gasteiger partial charge in [-0.05, 0) is 46.4 Å². The van der Waals surface area contributed by atoms with Crippen LogP contribution in [0.4, 0.5) is 0 Å². The first kappa shape index (κ1) is 19.2. The van der Waals surface area contributed by atoms with E-state index in [1.165, 1.54) is 0 Å². The number of ether oxygens (including phenoxy) is 2. The molecule has 2 aromatic rings. The fourth-order valence-electron chi connectivity index (χ4n) is 2.16. The molecule has 2 rings (SSSR count). The summed E-state index contributed by atoms with van der Waals surface area (Å²) in [7, 11) is 3.23. The van der Waals surface area contributed by atoms with E-state index in [4.69, 9.17) is 44.3 Å². The third kappa shape index (κ3) is 4.56. The molecule has 0 saturated heterocycles. The van der Waals surface area contributed by atoms with Crippen LogP contribution in [0.3, 0.4) is 0 Å². The second-order valence-electron chi connectivity index (χ2n) is 4.52. The molecule has 2 nitrogen and oxygen atoms in total. The van der Waals surface area contributed by atoms with E-state index >= 15 is 0 Å². The molecule has 0 bridgehead atoms. The van der Waals surface area contributed by atoms with E-state index in [0.717, 1.165) is 22.6 Å². The first-order valence-electron chi connectivity index (χ1n) is 6.30. The number of alkyl halides is 3. The molecule has 0 aliphatic rings. The minimum Gasteiger partial charge on any atom is -0.497 e. The van der Waals surface area contributed by atoms with Crippen LogP contribution >= 0.6 is 34.8 Å². The molecule has 0 radical (unpaired) electrons. The Bertz CT molecular complexity index is 532. The monoisotopic (exact) mass is 376 g/mol. The standard InChI is InChI=1S/C16H15Cl3O2.H4Si/c1-20-13-7-3-11(4-8-13)15(16(17,18)19)12-5-9-14(21-2)10-6-12;/h3-10,15H,1-2H3;1H4. The van der Waals surface area contributed by atoms with E-state index in [1.807, 2.05) is 48.5 Å². The minimum absolute atomic E-state index is 0. The summed E-state index contributed by atoms with van der Waals surface area (Å²) in [5.41, 5.74) is 1.81. The van der Waals surface area contributed by atoms with Crippen LogP contribution in [0.25, 0.3) is 0 Å². The van der Waals surface area contributed by atoms with E-state index in [-0.39, 0.29) is 16.9 Å². The number of benzene rings is 2. The number of methoxy groups -OCH3 is 2. The normalized spacial score (nSPS) is 11.0. The van der Waals surface area contributed by atoms with Crippen molar-refractivity contribution in [3.8, 4) is 11.5 Å². The van der Waals surface area contributed by atoms with Gasteiger partial charge in [0.15, 0.2) is 0 Å². The molecule has 0 aliphatic heterocycles. The van der Waals surface area contributed by atoms with Crippen molar-refractivity contribution in [3.63, 3.8) is 0 Å². The molecule has 120 valence electrons. The van der Waals surface area contributed by atoms with Crippen molar-refractivity contribution in [3.05, 3.63) is 59.7 Å². The Balaban J connectivity index is 0.00000242. The minimum atomic E-state index is -1.46. The molecule has 0 atom stereocenters. The van der Waals surface area contributed by atoms with Gasteiger partial charge in [0.05, 0.1) is 20.1 Å². The van der Waals surface area contributed by atoms with Crippen LogP contribution in [-0.4, -0.2) is 29.0 Å². The van der Waals surface area contributed by atoms with Gasteiger partial charge >= 0.3 is 0 Å². The molecule has 0 N–H and O–H groups in total. The maximum absolute atomic E-state index is 6.18. The molecular formula is C16H19Cl3O2Si. The zero-order valence-corrected chi connectivity index (χ0v) is 13.9. The van der Waals surface area contributed by atoms with Crippen molar-refractivity contribution >= 4 is 45.8 Å². The maximum Gasteiger partial charge on any atom is 0.201 e. The highest BCUT2D eigenvalue weighted by Crippen LogP contribution is 2.46. The van der Waals surface area contributed by atoms with E-state index in [1.54, 1.807) is 14.2 Å². The lowest BCUT2D eigenvalue weighted by Gasteiger charge is -2.25. The van der Waals surface area contributed by atoms with Crippen LogP contribution < -0.4 is 9.47 Å². The molecule has 0 spiro atoms. The summed E-state index contributed by atoms with van der Waals surface area (Å²) in [6.45, 7) is 0. The van der Waals surface area contributed by atoms with Gasteiger partial charge in [0.1, 0.15) is 11.5 Å². The summed E-state index contributed by atoms with van der Waals surface area (Å²) in [4.78, 5) is 0. The van der Waals surface area contributed by atoms with Gasteiger partial charge in [0.25, 0.3) is 0 Å². The molecule has 2 aromatic carbocycles. The Morgan fingerprint density at radius 2 is 1.05 bits per heavy atom. The molecule has 0 amide bonds. The SMILES string of the molecule is COc1ccc(C(c2ccc(OC)cc2)C(Cl)(Cl)Cl)cc1.[SiH4]. The molecular weight excluding hydrogens is 359 g/mol. The van der Waals surface area contributed by atoms with Crippen LogP contribution in [0.5, 0.6) is 11.5 Å². The second kappa shape index (κ2) is 8.11. The molecule has 0 aliphatic carbocycles. The predicted molar refractivity (Wildman–Crippen MR) is 99.5 cm³/mol. The summed E-state index contributed by atoms with van der Waals surface area (Å²) in [5, 5.41) is 0. The van der Waals surface area contributed by atoms with Crippen LogP contribution in [0, 0.1) is 0 Å². The Labute approximate surface area is 150 Å². The Morgan fingerprint density at radius 3 is 1.27 bits per heavy atom. The zero-order valence-electron chi connectivity index (χ0n) is 11.6. The Kier molecular flexibility index (Phi) is 7.07. The van der Waals surface area contributed by atoms with Crippen LogP contribution in [0.1, 0.15) is 17.0 Å². The number of hydrogen-bond donors (Lipinski definition) is 0. The summed E-state index contributed by atoms with van der Waals surface area (Å²) < 4.78 is 8.85.